The molecule has 0 spiro atoms. The molecular weight excluding hydrogens is 357 g/mol. The van der Waals surface area contributed by atoms with Crippen LogP contribution < -0.4 is 5.32 Å². The minimum Gasteiger partial charge on any atom is -0.357 e. The molecule has 0 radical (unpaired) electrons. The quantitative estimate of drug-likeness (QED) is 0.465. The molecule has 7 heteroatoms. The number of aliphatic imine (C=N–C) groups is 1. The number of nitrogens with one attached hydrogen (secondary N) is 1. The summed E-state index contributed by atoms with van der Waals surface area (Å²) in [7, 11) is 2.04. The zero-order chi connectivity index (χ0) is 13.4. The minimum absolute atomic E-state index is 0. The highest BCUT2D eigenvalue weighted by atomic mass is 127. The van der Waals surface area contributed by atoms with Crippen LogP contribution in [0.4, 0.5) is 0 Å². The third-order valence-electron chi connectivity index (χ3n) is 2.48. The van der Waals surface area contributed by atoms with Gasteiger partial charge in [0.2, 0.25) is 5.89 Å². The number of nitrogens with zero attached hydrogens (tertiary/aromatic N) is 4. The van der Waals surface area contributed by atoms with Crippen molar-refractivity contribution in [2.45, 2.75) is 40.2 Å². The Kier molecular flexibility index (Phi) is 9.54. The maximum absolute atomic E-state index is 5.04. The highest BCUT2D eigenvalue weighted by Crippen LogP contribution is 1.99. The smallest absolute Gasteiger partial charge is 0.248 e. The lowest BCUT2D eigenvalue weighted by atomic mass is 10.3. The van der Waals surface area contributed by atoms with E-state index in [2.05, 4.69) is 39.2 Å². The van der Waals surface area contributed by atoms with E-state index < -0.39 is 0 Å². The first-order valence-electron chi connectivity index (χ1n) is 6.46. The molecule has 1 N–H and O–H groups in total. The van der Waals surface area contributed by atoms with Crippen molar-refractivity contribution >= 4 is 29.9 Å². The van der Waals surface area contributed by atoms with Crippen LogP contribution in [-0.4, -0.2) is 41.1 Å². The molecule has 0 atom stereocenters. The van der Waals surface area contributed by atoms with Crippen LogP contribution in [0.2, 0.25) is 0 Å². The normalized spacial score (nSPS) is 11.1. The Morgan fingerprint density at radius 3 is 2.68 bits per heavy atom. The number of hydrogen-bond donors (Lipinski definition) is 1. The summed E-state index contributed by atoms with van der Waals surface area (Å²) in [5.41, 5.74) is 0. The van der Waals surface area contributed by atoms with Crippen molar-refractivity contribution in [1.29, 1.82) is 0 Å². The molecule has 0 aliphatic heterocycles. The zero-order valence-electron chi connectivity index (χ0n) is 12.1. The van der Waals surface area contributed by atoms with Gasteiger partial charge in [-0.15, -0.1) is 24.0 Å². The lowest BCUT2D eigenvalue weighted by molar-refractivity contribution is 0.375. The number of aromatic nitrogens is 2. The predicted octanol–water partition coefficient (Wildman–Crippen LogP) is 2.19. The van der Waals surface area contributed by atoms with Crippen molar-refractivity contribution in [2.75, 3.05) is 20.1 Å². The zero-order valence-corrected chi connectivity index (χ0v) is 14.5. The highest BCUT2D eigenvalue weighted by molar-refractivity contribution is 14.0. The molecule has 1 heterocycles. The van der Waals surface area contributed by atoms with E-state index in [1.54, 1.807) is 6.92 Å². The molecule has 1 aromatic heterocycles. The summed E-state index contributed by atoms with van der Waals surface area (Å²) in [4.78, 5) is 10.7. The van der Waals surface area contributed by atoms with E-state index in [0.29, 0.717) is 18.3 Å². The summed E-state index contributed by atoms with van der Waals surface area (Å²) in [5.74, 6) is 2.07. The van der Waals surface area contributed by atoms with Crippen LogP contribution in [0.5, 0.6) is 0 Å². The number of aryl methyl sites for hydroxylation is 1. The van der Waals surface area contributed by atoms with E-state index in [0.717, 1.165) is 25.5 Å². The average molecular weight is 381 g/mol. The molecule has 0 amide bonds. The third kappa shape index (κ3) is 6.74. The fraction of sp³-hybridized carbons (Fsp3) is 0.750. The van der Waals surface area contributed by atoms with Gasteiger partial charge in [0.1, 0.15) is 6.54 Å². The van der Waals surface area contributed by atoms with Gasteiger partial charge < -0.3 is 14.7 Å². The summed E-state index contributed by atoms with van der Waals surface area (Å²) >= 11 is 0. The van der Waals surface area contributed by atoms with Gasteiger partial charge in [-0.05, 0) is 20.3 Å². The summed E-state index contributed by atoms with van der Waals surface area (Å²) in [6, 6.07) is 0. The first-order valence-corrected chi connectivity index (χ1v) is 6.46. The fourth-order valence-electron chi connectivity index (χ4n) is 1.52. The molecule has 0 saturated carbocycles. The maximum atomic E-state index is 5.04. The largest absolute Gasteiger partial charge is 0.357 e. The Labute approximate surface area is 132 Å². The van der Waals surface area contributed by atoms with Crippen molar-refractivity contribution in [1.82, 2.24) is 20.4 Å². The van der Waals surface area contributed by atoms with Crippen LogP contribution in [0.1, 0.15) is 38.4 Å². The van der Waals surface area contributed by atoms with Crippen molar-refractivity contribution in [2.24, 2.45) is 4.99 Å². The molecule has 0 fully saturated rings. The van der Waals surface area contributed by atoms with E-state index >= 15 is 0 Å². The highest BCUT2D eigenvalue weighted by Gasteiger charge is 2.06. The summed E-state index contributed by atoms with van der Waals surface area (Å²) in [6.07, 6.45) is 2.33. The van der Waals surface area contributed by atoms with Crippen LogP contribution in [-0.2, 0) is 6.54 Å². The van der Waals surface area contributed by atoms with E-state index in [1.807, 2.05) is 7.05 Å². The van der Waals surface area contributed by atoms with Gasteiger partial charge in [-0.2, -0.15) is 4.98 Å². The summed E-state index contributed by atoms with van der Waals surface area (Å²) < 4.78 is 5.04. The van der Waals surface area contributed by atoms with Crippen LogP contribution in [0.15, 0.2) is 9.52 Å². The average Bonchev–Trinajstić information content (AvgIpc) is 2.77. The molecule has 0 bridgehead atoms. The standard InChI is InChI=1S/C12H23N5O.HI/c1-5-7-8-17(4)12(13-6-2)14-9-11-15-10(3)16-18-11;/h5-9H2,1-4H3,(H,13,14);1H. The molecule has 1 aromatic rings. The van der Waals surface area contributed by atoms with E-state index in [1.165, 1.54) is 6.42 Å². The van der Waals surface area contributed by atoms with Crippen molar-refractivity contribution < 1.29 is 4.52 Å². The van der Waals surface area contributed by atoms with Crippen molar-refractivity contribution in [3.63, 3.8) is 0 Å². The second kappa shape index (κ2) is 9.99. The Morgan fingerprint density at radius 2 is 2.16 bits per heavy atom. The van der Waals surface area contributed by atoms with Gasteiger partial charge in [0.05, 0.1) is 0 Å². The number of unbranched alkanes of at least 4 members (excludes halogenated alkanes) is 1. The lowest BCUT2D eigenvalue weighted by Gasteiger charge is -2.21. The second-order valence-electron chi connectivity index (χ2n) is 4.18. The predicted molar refractivity (Wildman–Crippen MR) is 86.8 cm³/mol. The van der Waals surface area contributed by atoms with E-state index in [4.69, 9.17) is 4.52 Å². The molecule has 0 aliphatic carbocycles. The van der Waals surface area contributed by atoms with Gasteiger partial charge in [0, 0.05) is 20.1 Å². The molecule has 0 unspecified atom stereocenters. The van der Waals surface area contributed by atoms with Crippen LogP contribution >= 0.6 is 24.0 Å². The summed E-state index contributed by atoms with van der Waals surface area (Å²) in [6.45, 7) is 8.29. The fourth-order valence-corrected chi connectivity index (χ4v) is 1.52. The first kappa shape index (κ1) is 18.1. The first-order chi connectivity index (χ1) is 8.67. The molecule has 0 aromatic carbocycles. The monoisotopic (exact) mass is 381 g/mol. The Morgan fingerprint density at radius 1 is 1.42 bits per heavy atom. The van der Waals surface area contributed by atoms with E-state index in [9.17, 15) is 0 Å². The Balaban J connectivity index is 0.00000324. The van der Waals surface area contributed by atoms with E-state index in [-0.39, 0.29) is 24.0 Å². The van der Waals surface area contributed by atoms with Crippen LogP contribution in [0, 0.1) is 6.92 Å². The molecule has 0 aliphatic rings. The van der Waals surface area contributed by atoms with Crippen molar-refractivity contribution in [3.05, 3.63) is 11.7 Å². The van der Waals surface area contributed by atoms with Gasteiger partial charge >= 0.3 is 0 Å². The Bertz CT molecular complexity index is 380. The maximum Gasteiger partial charge on any atom is 0.248 e. The molecule has 1 rings (SSSR count). The topological polar surface area (TPSA) is 66.5 Å². The third-order valence-corrected chi connectivity index (χ3v) is 2.48. The molecule has 6 nitrogen and oxygen atoms in total. The molecular formula is C12H24IN5O. The van der Waals surface area contributed by atoms with Crippen LogP contribution in [0.3, 0.4) is 0 Å². The number of rotatable bonds is 6. The molecule has 19 heavy (non-hydrogen) atoms. The summed E-state index contributed by atoms with van der Waals surface area (Å²) in [5, 5.41) is 7.00. The number of hydrogen-bond acceptors (Lipinski definition) is 4. The molecule has 110 valence electrons. The van der Waals surface area contributed by atoms with Gasteiger partial charge in [0.25, 0.3) is 0 Å². The number of halogens is 1. The van der Waals surface area contributed by atoms with Gasteiger partial charge in [-0.3, -0.25) is 0 Å². The lowest BCUT2D eigenvalue weighted by Crippen LogP contribution is -2.39. The second-order valence-corrected chi connectivity index (χ2v) is 4.18. The van der Waals surface area contributed by atoms with Gasteiger partial charge in [-0.25, -0.2) is 4.99 Å². The Hall–Kier alpha value is -0.860. The number of guanidine groups is 1. The van der Waals surface area contributed by atoms with Crippen molar-refractivity contribution in [3.8, 4) is 0 Å². The molecule has 0 saturated heterocycles. The van der Waals surface area contributed by atoms with Gasteiger partial charge in [-0.1, -0.05) is 18.5 Å². The minimum atomic E-state index is 0. The SMILES string of the molecule is CCCCN(C)C(=NCc1nc(C)no1)NCC.I. The van der Waals surface area contributed by atoms with Crippen LogP contribution in [0.25, 0.3) is 0 Å². The van der Waals surface area contributed by atoms with Gasteiger partial charge in [0.15, 0.2) is 11.8 Å².